The Morgan fingerprint density at radius 2 is 1.89 bits per heavy atom. The van der Waals surface area contributed by atoms with Crippen LogP contribution in [-0.4, -0.2) is 51.8 Å². The van der Waals surface area contributed by atoms with E-state index in [1.54, 1.807) is 0 Å². The maximum Gasteiger partial charge on any atom is 0.276 e. The summed E-state index contributed by atoms with van der Waals surface area (Å²) in [6, 6.07) is 9.44. The van der Waals surface area contributed by atoms with E-state index in [9.17, 15) is 18.4 Å². The van der Waals surface area contributed by atoms with Crippen molar-refractivity contribution in [1.82, 2.24) is 19.6 Å². The molecule has 0 aliphatic carbocycles. The maximum absolute atomic E-state index is 14.4. The molecule has 0 unspecified atom stereocenters. The van der Waals surface area contributed by atoms with Gasteiger partial charge in [-0.15, -0.1) is 0 Å². The van der Waals surface area contributed by atoms with Gasteiger partial charge in [-0.25, -0.2) is 8.78 Å². The number of nitrogens with zero attached hydrogens (tertiary/aromatic N) is 5. The SMILES string of the molecule is C[C@@H]1CCN(c2c(NC(=O)c3ccc(=O)n(-c4c(F)cccc4F)n3)ccc3c2cnn3[C@@H]2CCOC2)C1. The topological polar surface area (TPSA) is 94.3 Å². The van der Waals surface area contributed by atoms with Crippen LogP contribution in [0.5, 0.6) is 0 Å². The van der Waals surface area contributed by atoms with Crippen LogP contribution in [0.1, 0.15) is 36.3 Å². The molecule has 0 spiro atoms. The number of carbonyl (C=O) groups excluding carboxylic acids is 1. The molecule has 9 nitrogen and oxygen atoms in total. The average Bonchev–Trinajstić information content (AvgIpc) is 3.66. The molecule has 196 valence electrons. The lowest BCUT2D eigenvalue weighted by atomic mass is 10.1. The van der Waals surface area contributed by atoms with Crippen LogP contribution in [0.3, 0.4) is 0 Å². The number of para-hydroxylation sites is 1. The highest BCUT2D eigenvalue weighted by molar-refractivity contribution is 6.08. The van der Waals surface area contributed by atoms with Gasteiger partial charge in [-0.05, 0) is 49.1 Å². The van der Waals surface area contributed by atoms with Gasteiger partial charge in [-0.1, -0.05) is 13.0 Å². The molecule has 1 N–H and O–H groups in total. The number of hydrogen-bond acceptors (Lipinski definition) is 6. The molecule has 2 aliphatic rings. The summed E-state index contributed by atoms with van der Waals surface area (Å²) >= 11 is 0. The number of ether oxygens (including phenoxy) is 1. The van der Waals surface area contributed by atoms with Gasteiger partial charge in [0.2, 0.25) is 0 Å². The third kappa shape index (κ3) is 4.22. The molecule has 2 saturated heterocycles. The Balaban J connectivity index is 1.39. The minimum absolute atomic E-state index is 0.155. The molecule has 0 bridgehead atoms. The van der Waals surface area contributed by atoms with E-state index in [4.69, 9.17) is 4.74 Å². The second kappa shape index (κ2) is 9.64. The summed E-state index contributed by atoms with van der Waals surface area (Å²) < 4.78 is 36.8. The molecule has 0 radical (unpaired) electrons. The Hall–Kier alpha value is -4.12. The van der Waals surface area contributed by atoms with Gasteiger partial charge in [-0.3, -0.25) is 14.3 Å². The molecule has 2 atom stereocenters. The first-order valence-corrected chi connectivity index (χ1v) is 12.6. The molecule has 4 aromatic rings. The summed E-state index contributed by atoms with van der Waals surface area (Å²) in [5, 5.41) is 12.5. The number of hydrogen-bond donors (Lipinski definition) is 1. The van der Waals surface area contributed by atoms with Crippen LogP contribution >= 0.6 is 0 Å². The lowest BCUT2D eigenvalue weighted by molar-refractivity contribution is 0.102. The molecule has 2 aliphatic heterocycles. The van der Waals surface area contributed by atoms with E-state index in [1.165, 1.54) is 12.1 Å². The zero-order valence-corrected chi connectivity index (χ0v) is 20.7. The second-order valence-electron chi connectivity index (χ2n) is 9.83. The van der Waals surface area contributed by atoms with Gasteiger partial charge in [0.05, 0.1) is 35.7 Å². The van der Waals surface area contributed by atoms with Crippen molar-refractivity contribution in [2.75, 3.05) is 36.5 Å². The van der Waals surface area contributed by atoms with Crippen molar-refractivity contribution in [2.24, 2.45) is 5.92 Å². The molecule has 0 saturated carbocycles. The van der Waals surface area contributed by atoms with Crippen LogP contribution in [0.2, 0.25) is 0 Å². The molecule has 2 fully saturated rings. The van der Waals surface area contributed by atoms with E-state index >= 15 is 0 Å². The quantitative estimate of drug-likeness (QED) is 0.429. The summed E-state index contributed by atoms with van der Waals surface area (Å²) in [4.78, 5) is 28.0. The van der Waals surface area contributed by atoms with E-state index in [1.807, 2.05) is 23.0 Å². The van der Waals surface area contributed by atoms with E-state index in [-0.39, 0.29) is 11.7 Å². The smallest absolute Gasteiger partial charge is 0.276 e. The number of rotatable bonds is 5. The summed E-state index contributed by atoms with van der Waals surface area (Å²) in [6.45, 7) is 5.15. The first kappa shape index (κ1) is 24.2. The summed E-state index contributed by atoms with van der Waals surface area (Å²) in [7, 11) is 0. The highest BCUT2D eigenvalue weighted by Gasteiger charge is 2.27. The molecule has 6 rings (SSSR count). The number of fused-ring (bicyclic) bond motifs is 1. The summed E-state index contributed by atoms with van der Waals surface area (Å²) in [6.07, 6.45) is 3.73. The predicted octanol–water partition coefficient (Wildman–Crippen LogP) is 3.92. The number of anilines is 2. The van der Waals surface area contributed by atoms with Crippen molar-refractivity contribution in [2.45, 2.75) is 25.8 Å². The van der Waals surface area contributed by atoms with Crippen LogP contribution in [0.4, 0.5) is 20.2 Å². The van der Waals surface area contributed by atoms with Crippen molar-refractivity contribution < 1.29 is 18.3 Å². The summed E-state index contributed by atoms with van der Waals surface area (Å²) in [5.74, 6) is -2.04. The Morgan fingerprint density at radius 3 is 2.61 bits per heavy atom. The molecular weight excluding hydrogens is 494 g/mol. The average molecular weight is 521 g/mol. The number of aromatic nitrogens is 4. The van der Waals surface area contributed by atoms with Gasteiger partial charge in [0.15, 0.2) is 11.6 Å². The largest absolute Gasteiger partial charge is 0.379 e. The number of amides is 1. The summed E-state index contributed by atoms with van der Waals surface area (Å²) in [5.41, 5.74) is 0.821. The van der Waals surface area contributed by atoms with Crippen molar-refractivity contribution in [3.05, 3.63) is 76.3 Å². The van der Waals surface area contributed by atoms with Crippen molar-refractivity contribution >= 4 is 28.2 Å². The number of nitrogens with one attached hydrogen (secondary N) is 1. The van der Waals surface area contributed by atoms with Gasteiger partial charge in [0.1, 0.15) is 11.4 Å². The highest BCUT2D eigenvalue weighted by Crippen LogP contribution is 2.39. The molecule has 2 aromatic heterocycles. The number of benzene rings is 2. The molecule has 4 heterocycles. The van der Waals surface area contributed by atoms with Gasteiger partial charge >= 0.3 is 0 Å². The molecule has 1 amide bonds. The van der Waals surface area contributed by atoms with Gasteiger partial charge in [0, 0.05) is 31.1 Å². The fraction of sp³-hybridized carbons (Fsp3) is 0.333. The molecule has 11 heteroatoms. The van der Waals surface area contributed by atoms with Crippen molar-refractivity contribution in [1.29, 1.82) is 0 Å². The third-order valence-electron chi connectivity index (χ3n) is 7.17. The first-order valence-electron chi connectivity index (χ1n) is 12.6. The van der Waals surface area contributed by atoms with E-state index in [0.29, 0.717) is 29.5 Å². The van der Waals surface area contributed by atoms with Gasteiger partial charge in [-0.2, -0.15) is 14.9 Å². The highest BCUT2D eigenvalue weighted by atomic mass is 19.1. The van der Waals surface area contributed by atoms with E-state index < -0.39 is 28.8 Å². The molecular formula is C27H26F2N6O3. The Kier molecular flexibility index (Phi) is 6.15. The zero-order valence-electron chi connectivity index (χ0n) is 20.7. The monoisotopic (exact) mass is 520 g/mol. The van der Waals surface area contributed by atoms with Crippen LogP contribution in [0, 0.1) is 17.6 Å². The van der Waals surface area contributed by atoms with Crippen molar-refractivity contribution in [3.63, 3.8) is 0 Å². The van der Waals surface area contributed by atoms with Crippen molar-refractivity contribution in [3.8, 4) is 5.69 Å². The van der Waals surface area contributed by atoms with Crippen LogP contribution in [0.25, 0.3) is 16.6 Å². The van der Waals surface area contributed by atoms with Gasteiger partial charge in [0.25, 0.3) is 11.5 Å². The fourth-order valence-corrected chi connectivity index (χ4v) is 5.26. The van der Waals surface area contributed by atoms with Gasteiger partial charge < -0.3 is 15.0 Å². The fourth-order valence-electron chi connectivity index (χ4n) is 5.26. The Bertz CT molecular complexity index is 1570. The number of carbonyl (C=O) groups is 1. The minimum atomic E-state index is -0.960. The standard InChI is InChI=1S/C27H26F2N6O3/c1-16-9-11-33(14-16)25-18-13-30-34(17-10-12-38-15-17)23(18)7-5-21(25)31-27(37)22-6-8-24(36)35(32-22)26-19(28)3-2-4-20(26)29/h2-8,13,16-17H,9-12,14-15H2,1H3,(H,31,37)/t16-,17-/m1/s1. The van der Waals surface area contributed by atoms with Crippen LogP contribution < -0.4 is 15.8 Å². The second-order valence-corrected chi connectivity index (χ2v) is 9.83. The van der Waals surface area contributed by atoms with Crippen LogP contribution in [-0.2, 0) is 4.74 Å². The maximum atomic E-state index is 14.4. The zero-order chi connectivity index (χ0) is 26.4. The Labute approximate surface area is 216 Å². The minimum Gasteiger partial charge on any atom is -0.379 e. The lowest BCUT2D eigenvalue weighted by Gasteiger charge is -2.23. The Morgan fingerprint density at radius 1 is 1.08 bits per heavy atom. The predicted molar refractivity (Wildman–Crippen MR) is 138 cm³/mol. The van der Waals surface area contributed by atoms with Crippen LogP contribution in [0.15, 0.2) is 53.5 Å². The number of halogens is 2. The lowest BCUT2D eigenvalue weighted by Crippen LogP contribution is -2.27. The normalized spacial score (nSPS) is 19.4. The molecule has 38 heavy (non-hydrogen) atoms. The van der Waals surface area contributed by atoms with E-state index in [0.717, 1.165) is 60.7 Å². The third-order valence-corrected chi connectivity index (χ3v) is 7.17. The molecule has 2 aromatic carbocycles. The first-order chi connectivity index (χ1) is 18.4. The van der Waals surface area contributed by atoms with E-state index in [2.05, 4.69) is 27.3 Å².